The average molecular weight is 304 g/mol. The lowest BCUT2D eigenvalue weighted by atomic mass is 10.1. The van der Waals surface area contributed by atoms with Crippen molar-refractivity contribution in [3.05, 3.63) is 64.2 Å². The number of carbonyl (C=O) groups excluding carboxylic acids is 1. The number of rotatable bonds is 5. The second kappa shape index (κ2) is 7.14. The summed E-state index contributed by atoms with van der Waals surface area (Å²) in [6, 6.07) is 13.1. The normalized spacial score (nSPS) is 10.2. The van der Waals surface area contributed by atoms with E-state index in [2.05, 4.69) is 5.32 Å². The second-order valence-corrected chi connectivity index (χ2v) is 5.31. The van der Waals surface area contributed by atoms with Crippen LogP contribution in [-0.2, 0) is 0 Å². The largest absolute Gasteiger partial charge is 0.490 e. The number of ether oxygens (including phenoxy) is 1. The predicted octanol–water partition coefficient (Wildman–Crippen LogP) is 3.77. The van der Waals surface area contributed by atoms with Gasteiger partial charge in [-0.3, -0.25) is 4.79 Å². The van der Waals surface area contributed by atoms with E-state index < -0.39 is 0 Å². The molecular formula is C17H18ClNO2. The minimum absolute atomic E-state index is 0.103. The van der Waals surface area contributed by atoms with Crippen molar-refractivity contribution in [2.45, 2.75) is 13.8 Å². The van der Waals surface area contributed by atoms with Gasteiger partial charge in [0.1, 0.15) is 12.4 Å². The fourth-order valence-electron chi connectivity index (χ4n) is 1.85. The number of nitrogens with one attached hydrogen (secondary N) is 1. The van der Waals surface area contributed by atoms with Crippen LogP contribution in [0.1, 0.15) is 21.5 Å². The molecule has 0 spiro atoms. The maximum Gasteiger partial charge on any atom is 0.251 e. The molecule has 1 amide bonds. The predicted molar refractivity (Wildman–Crippen MR) is 85.2 cm³/mol. The van der Waals surface area contributed by atoms with Gasteiger partial charge in [0.2, 0.25) is 0 Å². The van der Waals surface area contributed by atoms with Crippen molar-refractivity contribution in [1.29, 1.82) is 0 Å². The highest BCUT2D eigenvalue weighted by Gasteiger charge is 2.05. The zero-order chi connectivity index (χ0) is 15.2. The first-order valence-electron chi connectivity index (χ1n) is 6.80. The first-order valence-corrected chi connectivity index (χ1v) is 7.18. The number of amides is 1. The Morgan fingerprint density at radius 1 is 1.10 bits per heavy atom. The van der Waals surface area contributed by atoms with Gasteiger partial charge < -0.3 is 10.1 Å². The summed E-state index contributed by atoms with van der Waals surface area (Å²) < 4.78 is 5.58. The van der Waals surface area contributed by atoms with E-state index in [0.29, 0.717) is 29.5 Å². The Kier molecular flexibility index (Phi) is 5.23. The number of carbonyl (C=O) groups is 1. The zero-order valence-electron chi connectivity index (χ0n) is 12.2. The summed E-state index contributed by atoms with van der Waals surface area (Å²) in [5.41, 5.74) is 2.86. The van der Waals surface area contributed by atoms with Gasteiger partial charge in [-0.05, 0) is 43.7 Å². The molecule has 2 aromatic carbocycles. The van der Waals surface area contributed by atoms with Crippen LogP contribution in [0.4, 0.5) is 0 Å². The van der Waals surface area contributed by atoms with Gasteiger partial charge in [-0.15, -0.1) is 0 Å². The van der Waals surface area contributed by atoms with Crippen LogP contribution in [-0.4, -0.2) is 19.1 Å². The molecule has 0 bridgehead atoms. The first kappa shape index (κ1) is 15.4. The fraction of sp³-hybridized carbons (Fsp3) is 0.235. The minimum Gasteiger partial charge on any atom is -0.490 e. The molecule has 0 atom stereocenters. The van der Waals surface area contributed by atoms with Crippen molar-refractivity contribution in [3.8, 4) is 5.75 Å². The van der Waals surface area contributed by atoms with Crippen LogP contribution >= 0.6 is 11.6 Å². The summed E-state index contributed by atoms with van der Waals surface area (Å²) in [7, 11) is 0. The molecule has 0 heterocycles. The molecule has 0 radical (unpaired) electrons. The lowest BCUT2D eigenvalue weighted by Gasteiger charge is -2.10. The van der Waals surface area contributed by atoms with Gasteiger partial charge in [0.15, 0.2) is 0 Å². The van der Waals surface area contributed by atoms with Crippen molar-refractivity contribution >= 4 is 17.5 Å². The Labute approximate surface area is 129 Å². The van der Waals surface area contributed by atoms with Crippen molar-refractivity contribution < 1.29 is 9.53 Å². The van der Waals surface area contributed by atoms with Crippen LogP contribution < -0.4 is 10.1 Å². The lowest BCUT2D eigenvalue weighted by Crippen LogP contribution is -2.28. The van der Waals surface area contributed by atoms with Crippen LogP contribution in [0, 0.1) is 13.8 Å². The van der Waals surface area contributed by atoms with E-state index in [4.69, 9.17) is 16.3 Å². The summed E-state index contributed by atoms with van der Waals surface area (Å²) in [5, 5.41) is 3.39. The molecule has 2 rings (SSSR count). The third-order valence-corrected chi connectivity index (χ3v) is 3.36. The summed E-state index contributed by atoms with van der Waals surface area (Å²) in [4.78, 5) is 11.9. The molecule has 3 nitrogen and oxygen atoms in total. The third kappa shape index (κ3) is 4.50. The third-order valence-electron chi connectivity index (χ3n) is 3.05. The quantitative estimate of drug-likeness (QED) is 0.854. The molecular weight excluding hydrogens is 286 g/mol. The molecule has 1 N–H and O–H groups in total. The molecule has 110 valence electrons. The molecule has 0 unspecified atom stereocenters. The number of benzene rings is 2. The molecule has 0 saturated carbocycles. The van der Waals surface area contributed by atoms with Crippen molar-refractivity contribution in [1.82, 2.24) is 5.32 Å². The molecule has 0 aliphatic rings. The second-order valence-electron chi connectivity index (χ2n) is 4.90. The Balaban J connectivity index is 1.80. The number of halogens is 1. The van der Waals surface area contributed by atoms with Gasteiger partial charge in [-0.2, -0.15) is 0 Å². The maximum atomic E-state index is 11.9. The van der Waals surface area contributed by atoms with Gasteiger partial charge >= 0.3 is 0 Å². The Morgan fingerprint density at radius 2 is 1.76 bits per heavy atom. The summed E-state index contributed by atoms with van der Waals surface area (Å²) in [5.74, 6) is 0.537. The SMILES string of the molecule is Cc1ccc(C(=O)NCCOc2cc(C)ccc2Cl)cc1. The first-order chi connectivity index (χ1) is 10.1. The average Bonchev–Trinajstić information content (AvgIpc) is 2.47. The minimum atomic E-state index is -0.103. The molecule has 0 aliphatic heterocycles. The molecule has 0 saturated heterocycles. The molecule has 21 heavy (non-hydrogen) atoms. The Bertz CT molecular complexity index is 623. The van der Waals surface area contributed by atoms with Gasteiger partial charge in [0.05, 0.1) is 11.6 Å². The van der Waals surface area contributed by atoms with Gasteiger partial charge in [0.25, 0.3) is 5.91 Å². The molecule has 0 aromatic heterocycles. The van der Waals surface area contributed by atoms with Gasteiger partial charge in [-0.1, -0.05) is 35.4 Å². The Morgan fingerprint density at radius 3 is 2.48 bits per heavy atom. The Hall–Kier alpha value is -2.00. The maximum absolute atomic E-state index is 11.9. The number of hydrogen-bond donors (Lipinski definition) is 1. The summed E-state index contributed by atoms with van der Waals surface area (Å²) in [6.07, 6.45) is 0. The highest BCUT2D eigenvalue weighted by molar-refractivity contribution is 6.32. The van der Waals surface area contributed by atoms with E-state index in [9.17, 15) is 4.79 Å². The smallest absolute Gasteiger partial charge is 0.251 e. The topological polar surface area (TPSA) is 38.3 Å². The summed E-state index contributed by atoms with van der Waals surface area (Å²) in [6.45, 7) is 4.77. The number of aryl methyl sites for hydroxylation is 2. The monoisotopic (exact) mass is 303 g/mol. The van der Waals surface area contributed by atoms with Crippen molar-refractivity contribution in [3.63, 3.8) is 0 Å². The molecule has 0 aliphatic carbocycles. The van der Waals surface area contributed by atoms with Crippen molar-refractivity contribution in [2.75, 3.05) is 13.2 Å². The standard InChI is InChI=1S/C17H18ClNO2/c1-12-3-6-14(7-4-12)17(20)19-9-10-21-16-11-13(2)5-8-15(16)18/h3-8,11H,9-10H2,1-2H3,(H,19,20). The van der Waals surface area contributed by atoms with Crippen molar-refractivity contribution in [2.24, 2.45) is 0 Å². The van der Waals surface area contributed by atoms with Crippen LogP contribution in [0.25, 0.3) is 0 Å². The van der Waals surface area contributed by atoms with E-state index in [0.717, 1.165) is 11.1 Å². The van der Waals surface area contributed by atoms with E-state index in [1.54, 1.807) is 6.07 Å². The highest BCUT2D eigenvalue weighted by Crippen LogP contribution is 2.24. The molecule has 4 heteroatoms. The van der Waals surface area contributed by atoms with Crippen LogP contribution in [0.5, 0.6) is 5.75 Å². The fourth-order valence-corrected chi connectivity index (χ4v) is 2.03. The molecule has 2 aromatic rings. The van der Waals surface area contributed by atoms with Crippen LogP contribution in [0.3, 0.4) is 0 Å². The van der Waals surface area contributed by atoms with E-state index in [-0.39, 0.29) is 5.91 Å². The molecule has 0 fully saturated rings. The van der Waals surface area contributed by atoms with E-state index in [1.807, 2.05) is 50.2 Å². The lowest BCUT2D eigenvalue weighted by molar-refractivity contribution is 0.0947. The van der Waals surface area contributed by atoms with Crippen LogP contribution in [0.15, 0.2) is 42.5 Å². The van der Waals surface area contributed by atoms with E-state index in [1.165, 1.54) is 0 Å². The summed E-state index contributed by atoms with van der Waals surface area (Å²) >= 11 is 6.04. The van der Waals surface area contributed by atoms with E-state index >= 15 is 0 Å². The highest BCUT2D eigenvalue weighted by atomic mass is 35.5. The zero-order valence-corrected chi connectivity index (χ0v) is 12.9. The van der Waals surface area contributed by atoms with Crippen LogP contribution in [0.2, 0.25) is 5.02 Å². The number of hydrogen-bond acceptors (Lipinski definition) is 2. The van der Waals surface area contributed by atoms with Gasteiger partial charge in [0, 0.05) is 5.56 Å². The van der Waals surface area contributed by atoms with Gasteiger partial charge in [-0.25, -0.2) is 0 Å².